The molecule has 4 aromatic heterocycles. The van der Waals surface area contributed by atoms with Gasteiger partial charge >= 0.3 is 24.6 Å². The molecule has 8 aromatic carbocycles. The maximum Gasteiger partial charge on any atom is 0.373 e. The van der Waals surface area contributed by atoms with Crippen molar-refractivity contribution in [1.82, 2.24) is 61.6 Å². The van der Waals surface area contributed by atoms with Gasteiger partial charge in [0.2, 0.25) is 0 Å². The van der Waals surface area contributed by atoms with Crippen molar-refractivity contribution in [3.05, 3.63) is 286 Å². The predicted molar refractivity (Wildman–Crippen MR) is 348 cm³/mol. The number of benzene rings is 8. The lowest BCUT2D eigenvalue weighted by atomic mass is 10.0. The molecule has 20 heteroatoms. The van der Waals surface area contributed by atoms with E-state index >= 15 is 0 Å². The first-order chi connectivity index (χ1) is 44.9. The van der Waals surface area contributed by atoms with Crippen LogP contribution in [0, 0.1) is 27.7 Å². The molecule has 0 fully saturated rings. The summed E-state index contributed by atoms with van der Waals surface area (Å²) in [4.78, 5) is 65.0. The second-order valence-electron chi connectivity index (χ2n) is 19.2. The van der Waals surface area contributed by atoms with Gasteiger partial charge in [0, 0.05) is 0 Å². The van der Waals surface area contributed by atoms with Crippen LogP contribution in [-0.4, -0.2) is 86.2 Å². The molecule has 0 spiro atoms. The summed E-state index contributed by atoms with van der Waals surface area (Å²) < 4.78 is 0. The van der Waals surface area contributed by atoms with E-state index in [1.807, 2.05) is 48.6 Å². The molecular formula is C72H60N12O8. The Morgan fingerprint density at radius 2 is 0.370 bits per heavy atom. The van der Waals surface area contributed by atoms with E-state index in [1.165, 1.54) is 66.8 Å². The van der Waals surface area contributed by atoms with Crippen molar-refractivity contribution in [3.8, 4) is 44.5 Å². The van der Waals surface area contributed by atoms with E-state index in [9.17, 15) is 0 Å². The number of hydrogen-bond acceptors (Lipinski definition) is 16. The Bertz CT molecular complexity index is 3700. The highest BCUT2D eigenvalue weighted by molar-refractivity contribution is 5.75. The van der Waals surface area contributed by atoms with Crippen LogP contribution < -0.4 is 0 Å². The third-order valence-electron chi connectivity index (χ3n) is 12.7. The monoisotopic (exact) mass is 1220 g/mol. The van der Waals surface area contributed by atoms with Gasteiger partial charge in [-0.25, -0.2) is 0 Å². The van der Waals surface area contributed by atoms with Crippen molar-refractivity contribution >= 4 is 73.2 Å². The number of carbonyl (C=O) groups excluding carboxylic acids is 8. The molecule has 0 amide bonds. The van der Waals surface area contributed by atoms with Gasteiger partial charge < -0.3 is 0 Å². The summed E-state index contributed by atoms with van der Waals surface area (Å²) in [6, 6.07) is 68.1. The number of aryl methyl sites for hydroxylation is 4. The number of nitrogens with zero attached hydrogens (tertiary/aromatic N) is 8. The zero-order valence-corrected chi connectivity index (χ0v) is 50.2. The number of nitrogens with one attached hydrogen (secondary N) is 4. The summed E-state index contributed by atoms with van der Waals surface area (Å²) >= 11 is 0. The van der Waals surface area contributed by atoms with Crippen LogP contribution in [0.3, 0.4) is 0 Å². The van der Waals surface area contributed by atoms with Gasteiger partial charge in [0.1, 0.15) is 22.8 Å². The summed E-state index contributed by atoms with van der Waals surface area (Å²) in [6.45, 7) is 8.40. The molecule has 456 valence electrons. The Labute approximate surface area is 529 Å². The third-order valence-corrected chi connectivity index (χ3v) is 12.7. The molecule has 0 bridgehead atoms. The normalized spacial score (nSPS) is 9.96. The Morgan fingerprint density at radius 1 is 0.228 bits per heavy atom. The molecule has 4 N–H and O–H groups in total. The van der Waals surface area contributed by atoms with Gasteiger partial charge in [0.25, 0.3) is 0 Å². The minimum atomic E-state index is 0.250. The molecule has 0 saturated carbocycles. The average Bonchev–Trinajstić information content (AvgIpc) is 2.69. The highest BCUT2D eigenvalue weighted by Crippen LogP contribution is 2.25. The SMILES string of the molecule is Cc1ccc(-c2ccc(C=Cc3cn[nH]n3)cc2)cc1.Cc1ccc(-c2ccc(C=Cc3cn[nH]n3)cc2)cc1.Cc1ccc(-c2ccc(C=Cc3cn[nH]n3)cc2)cc1.Cc1ccc(-c2ccc(C=Cc3cn[nH]n3)cc2)cc1.O=C=O.O=C=O.O=C=O.O=C=O. The van der Waals surface area contributed by atoms with Crippen LogP contribution >= 0.6 is 0 Å². The molecule has 0 aliphatic carbocycles. The maximum atomic E-state index is 8.12. The fourth-order valence-electron chi connectivity index (χ4n) is 8.02. The van der Waals surface area contributed by atoms with Gasteiger partial charge in [-0.3, -0.25) is 0 Å². The fraction of sp³-hybridized carbons (Fsp3) is 0.0556. The Hall–Kier alpha value is -13.2. The van der Waals surface area contributed by atoms with Crippen LogP contribution in [-0.2, 0) is 38.4 Å². The summed E-state index contributed by atoms with van der Waals surface area (Å²) in [7, 11) is 0. The smallest absolute Gasteiger partial charge is 0.197 e. The first-order valence-electron chi connectivity index (χ1n) is 27.7. The quantitative estimate of drug-likeness (QED) is 0.0883. The minimum Gasteiger partial charge on any atom is -0.197 e. The van der Waals surface area contributed by atoms with Gasteiger partial charge in [0.05, 0.1) is 24.8 Å². The van der Waals surface area contributed by atoms with Gasteiger partial charge in [-0.2, -0.15) is 100.0 Å². The van der Waals surface area contributed by atoms with Gasteiger partial charge in [0.15, 0.2) is 0 Å². The second kappa shape index (κ2) is 40.2. The molecule has 92 heavy (non-hydrogen) atoms. The van der Waals surface area contributed by atoms with E-state index in [2.05, 4.69) is 283 Å². The van der Waals surface area contributed by atoms with E-state index in [4.69, 9.17) is 38.4 Å². The molecule has 20 nitrogen and oxygen atoms in total. The van der Waals surface area contributed by atoms with Gasteiger partial charge in [-0.1, -0.05) is 241 Å². The highest BCUT2D eigenvalue weighted by atomic mass is 16.2. The van der Waals surface area contributed by atoms with Crippen molar-refractivity contribution in [2.24, 2.45) is 0 Å². The zero-order valence-electron chi connectivity index (χ0n) is 50.2. The predicted octanol–water partition coefficient (Wildman–Crippen LogP) is 13.5. The molecule has 0 radical (unpaired) electrons. The lowest BCUT2D eigenvalue weighted by molar-refractivity contribution is -0.193. The Balaban J connectivity index is 0.000000210. The van der Waals surface area contributed by atoms with Crippen molar-refractivity contribution in [3.63, 3.8) is 0 Å². The number of hydrogen-bond donors (Lipinski definition) is 4. The molecule has 0 aliphatic heterocycles. The number of aromatic nitrogens is 12. The summed E-state index contributed by atoms with van der Waals surface area (Å²) in [5.41, 5.74) is 22.8. The van der Waals surface area contributed by atoms with Gasteiger partial charge in [-0.15, -0.1) is 0 Å². The molecule has 12 aromatic rings. The van der Waals surface area contributed by atoms with Crippen LogP contribution in [0.4, 0.5) is 0 Å². The summed E-state index contributed by atoms with van der Waals surface area (Å²) in [6.07, 6.45) is 23.6. The lowest BCUT2D eigenvalue weighted by Crippen LogP contribution is -1.79. The third kappa shape index (κ3) is 25.8. The second-order valence-corrected chi connectivity index (χ2v) is 19.2. The molecule has 12 rings (SSSR count). The Kier molecular flexibility index (Phi) is 30.4. The number of aromatic amines is 4. The van der Waals surface area contributed by atoms with Crippen LogP contribution in [0.5, 0.6) is 0 Å². The number of rotatable bonds is 12. The molecule has 0 atom stereocenters. The highest BCUT2D eigenvalue weighted by Gasteiger charge is 2.02. The van der Waals surface area contributed by atoms with E-state index in [1.54, 1.807) is 24.8 Å². The first-order valence-corrected chi connectivity index (χ1v) is 27.7. The molecule has 0 aliphatic rings. The van der Waals surface area contributed by atoms with E-state index in [-0.39, 0.29) is 24.6 Å². The number of H-pyrrole nitrogens is 4. The van der Waals surface area contributed by atoms with Crippen molar-refractivity contribution < 1.29 is 38.4 Å². The molecule has 0 saturated heterocycles. The van der Waals surface area contributed by atoms with E-state index in [0.717, 1.165) is 45.0 Å². The van der Waals surface area contributed by atoms with Crippen molar-refractivity contribution in [2.45, 2.75) is 27.7 Å². The maximum absolute atomic E-state index is 8.12. The largest absolute Gasteiger partial charge is 0.373 e. The lowest BCUT2D eigenvalue weighted by Gasteiger charge is -2.02. The molecule has 0 unspecified atom stereocenters. The van der Waals surface area contributed by atoms with Gasteiger partial charge in [-0.05, 0) is 119 Å². The molecular weight excluding hydrogens is 1160 g/mol. The van der Waals surface area contributed by atoms with Crippen LogP contribution in [0.15, 0.2) is 219 Å². The van der Waals surface area contributed by atoms with Crippen LogP contribution in [0.1, 0.15) is 67.3 Å². The van der Waals surface area contributed by atoms with E-state index < -0.39 is 0 Å². The zero-order chi connectivity index (χ0) is 66.0. The first kappa shape index (κ1) is 69.6. The fourth-order valence-corrected chi connectivity index (χ4v) is 8.02. The topological polar surface area (TPSA) is 303 Å². The Morgan fingerprint density at radius 3 is 0.500 bits per heavy atom. The standard InChI is InChI=1S/4C17H15N3.4CO2/c4*1-13-2-7-15(8-3-13)16-9-4-14(5-10-16)6-11-17-12-18-20-19-17;4*2-1-3/h4*2-12H,1H3,(H,18,19,20);;;;. The molecule has 4 heterocycles. The van der Waals surface area contributed by atoms with Crippen molar-refractivity contribution in [1.29, 1.82) is 0 Å². The van der Waals surface area contributed by atoms with E-state index in [0.29, 0.717) is 0 Å². The summed E-state index contributed by atoms with van der Waals surface area (Å²) in [5, 5.41) is 41.4. The summed E-state index contributed by atoms with van der Waals surface area (Å²) in [5.74, 6) is 0. The van der Waals surface area contributed by atoms with Crippen LogP contribution in [0.25, 0.3) is 93.1 Å². The average molecular weight is 1220 g/mol. The van der Waals surface area contributed by atoms with Crippen molar-refractivity contribution in [2.75, 3.05) is 0 Å². The minimum absolute atomic E-state index is 0.250. The van der Waals surface area contributed by atoms with Crippen LogP contribution in [0.2, 0.25) is 0 Å².